The van der Waals surface area contributed by atoms with Crippen molar-refractivity contribution in [3.8, 4) is 0 Å². The normalized spacial score (nSPS) is 15.3. The third-order valence-corrected chi connectivity index (χ3v) is 6.54. The van der Waals surface area contributed by atoms with Gasteiger partial charge >= 0.3 is 0 Å². The molecule has 1 atom stereocenters. The molecule has 7 heteroatoms. The largest absolute Gasteiger partial charge is 0.324 e. The maximum atomic E-state index is 13.2. The monoisotopic (exact) mass is 467 g/mol. The van der Waals surface area contributed by atoms with Crippen molar-refractivity contribution < 1.29 is 19.2 Å². The highest BCUT2D eigenvalue weighted by Crippen LogP contribution is 2.30. The molecule has 0 radical (unpaired) electrons. The second-order valence-corrected chi connectivity index (χ2v) is 9.12. The molecule has 1 N–H and O–H groups in total. The third kappa shape index (κ3) is 3.89. The maximum absolute atomic E-state index is 13.2. The predicted molar refractivity (Wildman–Crippen MR) is 132 cm³/mol. The van der Waals surface area contributed by atoms with Crippen LogP contribution in [0, 0.1) is 5.92 Å². The number of hydrogen-bond donors (Lipinski definition) is 1. The summed E-state index contributed by atoms with van der Waals surface area (Å²) in [6.07, 6.45) is 0.824. The standard InChI is InChI=1S/C28H25N3O4/c1-17(2)24(31-27(34)21-8-4-5-9-22(21)28(31)35)25(32)29-20-13-11-19(12-14-20)26(33)30-16-15-18-7-3-6-10-23(18)30/h3-14,17,24H,15-16H2,1-2H3,(H,29,32). The SMILES string of the molecule is CC(C)C(C(=O)Nc1ccc(C(=O)N2CCc3ccccc32)cc1)N1C(=O)c2ccccc2C1=O. The van der Waals surface area contributed by atoms with Crippen LogP contribution in [0.3, 0.4) is 0 Å². The molecule has 3 aromatic rings. The number of carbonyl (C=O) groups excluding carboxylic acids is 4. The van der Waals surface area contributed by atoms with E-state index in [2.05, 4.69) is 5.32 Å². The molecule has 0 spiro atoms. The lowest BCUT2D eigenvalue weighted by atomic mass is 10.0. The van der Waals surface area contributed by atoms with E-state index in [9.17, 15) is 19.2 Å². The van der Waals surface area contributed by atoms with Gasteiger partial charge in [-0.05, 0) is 60.4 Å². The van der Waals surface area contributed by atoms with Crippen molar-refractivity contribution in [3.63, 3.8) is 0 Å². The highest BCUT2D eigenvalue weighted by molar-refractivity contribution is 6.23. The van der Waals surface area contributed by atoms with Gasteiger partial charge in [0.15, 0.2) is 0 Å². The fourth-order valence-electron chi connectivity index (χ4n) is 4.80. The summed E-state index contributed by atoms with van der Waals surface area (Å²) in [5.74, 6) is -1.79. The lowest BCUT2D eigenvalue weighted by molar-refractivity contribution is -0.121. The zero-order valence-corrected chi connectivity index (χ0v) is 19.5. The molecule has 0 aromatic heterocycles. The number of imide groups is 1. The zero-order valence-electron chi connectivity index (χ0n) is 19.5. The van der Waals surface area contributed by atoms with Gasteiger partial charge in [-0.25, -0.2) is 0 Å². The van der Waals surface area contributed by atoms with E-state index in [-0.39, 0.29) is 11.8 Å². The summed E-state index contributed by atoms with van der Waals surface area (Å²) < 4.78 is 0. The third-order valence-electron chi connectivity index (χ3n) is 6.54. The Morgan fingerprint density at radius 3 is 2.06 bits per heavy atom. The average Bonchev–Trinajstić information content (AvgIpc) is 3.39. The Balaban J connectivity index is 1.32. The molecule has 3 aromatic carbocycles. The second-order valence-electron chi connectivity index (χ2n) is 9.12. The number of para-hydroxylation sites is 1. The molecule has 0 fully saturated rings. The first-order valence-corrected chi connectivity index (χ1v) is 11.6. The second kappa shape index (κ2) is 8.83. The van der Waals surface area contributed by atoms with Crippen LogP contribution in [-0.2, 0) is 11.2 Å². The number of fused-ring (bicyclic) bond motifs is 2. The Morgan fingerprint density at radius 2 is 1.43 bits per heavy atom. The molecule has 0 aliphatic carbocycles. The lowest BCUT2D eigenvalue weighted by Gasteiger charge is -2.28. The van der Waals surface area contributed by atoms with E-state index < -0.39 is 23.8 Å². The van der Waals surface area contributed by atoms with Gasteiger partial charge < -0.3 is 10.2 Å². The van der Waals surface area contributed by atoms with Crippen molar-refractivity contribution in [2.24, 2.45) is 5.92 Å². The van der Waals surface area contributed by atoms with Crippen LogP contribution in [0.2, 0.25) is 0 Å². The first kappa shape index (κ1) is 22.5. The zero-order chi connectivity index (χ0) is 24.7. The molecule has 7 nitrogen and oxygen atoms in total. The van der Waals surface area contributed by atoms with Crippen LogP contribution in [0.5, 0.6) is 0 Å². The number of rotatable bonds is 5. The Hall–Kier alpha value is -4.26. The topological polar surface area (TPSA) is 86.8 Å². The van der Waals surface area contributed by atoms with Gasteiger partial charge in [0.1, 0.15) is 6.04 Å². The van der Waals surface area contributed by atoms with Crippen molar-refractivity contribution in [1.82, 2.24) is 4.90 Å². The van der Waals surface area contributed by atoms with Crippen molar-refractivity contribution in [2.45, 2.75) is 26.3 Å². The van der Waals surface area contributed by atoms with Gasteiger partial charge in [-0.15, -0.1) is 0 Å². The van der Waals surface area contributed by atoms with Crippen LogP contribution in [0.15, 0.2) is 72.8 Å². The lowest BCUT2D eigenvalue weighted by Crippen LogP contribution is -2.50. The van der Waals surface area contributed by atoms with Crippen LogP contribution in [0.4, 0.5) is 11.4 Å². The Labute approximate surface area is 203 Å². The minimum Gasteiger partial charge on any atom is -0.324 e. The molecule has 2 heterocycles. The van der Waals surface area contributed by atoms with Crippen LogP contribution >= 0.6 is 0 Å². The highest BCUT2D eigenvalue weighted by Gasteiger charge is 2.43. The summed E-state index contributed by atoms with van der Waals surface area (Å²) in [5, 5.41) is 2.81. The molecule has 2 aliphatic heterocycles. The summed E-state index contributed by atoms with van der Waals surface area (Å²) in [7, 11) is 0. The number of benzene rings is 3. The number of amides is 4. The van der Waals surface area contributed by atoms with Crippen molar-refractivity contribution in [2.75, 3.05) is 16.8 Å². The average molecular weight is 468 g/mol. The minimum absolute atomic E-state index is 0.0982. The molecule has 0 bridgehead atoms. The van der Waals surface area contributed by atoms with Gasteiger partial charge in [0.05, 0.1) is 11.1 Å². The van der Waals surface area contributed by atoms with Gasteiger partial charge in [-0.1, -0.05) is 44.2 Å². The van der Waals surface area contributed by atoms with Gasteiger partial charge in [0.25, 0.3) is 17.7 Å². The maximum Gasteiger partial charge on any atom is 0.262 e. The van der Waals surface area contributed by atoms with E-state index in [1.165, 1.54) is 0 Å². The molecule has 0 saturated carbocycles. The molecule has 4 amide bonds. The summed E-state index contributed by atoms with van der Waals surface area (Å²) in [6, 6.07) is 20.1. The fourth-order valence-corrected chi connectivity index (χ4v) is 4.80. The molecule has 0 saturated heterocycles. The van der Waals surface area contributed by atoms with Crippen LogP contribution in [-0.4, -0.2) is 41.1 Å². The van der Waals surface area contributed by atoms with E-state index in [1.807, 2.05) is 24.3 Å². The van der Waals surface area contributed by atoms with Crippen molar-refractivity contribution in [3.05, 3.63) is 95.1 Å². The van der Waals surface area contributed by atoms with Gasteiger partial charge in [0, 0.05) is 23.5 Å². The molecular weight excluding hydrogens is 442 g/mol. The molecule has 2 aliphatic rings. The first-order chi connectivity index (χ1) is 16.9. The summed E-state index contributed by atoms with van der Waals surface area (Å²) in [6.45, 7) is 4.22. The Bertz CT molecular complexity index is 1310. The van der Waals surface area contributed by atoms with E-state index in [4.69, 9.17) is 0 Å². The molecule has 176 valence electrons. The number of nitrogens with zero attached hydrogens (tertiary/aromatic N) is 2. The molecule has 1 unspecified atom stereocenters. The van der Waals surface area contributed by atoms with Gasteiger partial charge in [-0.3, -0.25) is 24.1 Å². The molecule has 35 heavy (non-hydrogen) atoms. The Kier molecular flexibility index (Phi) is 5.68. The van der Waals surface area contributed by atoms with Gasteiger partial charge in [0.2, 0.25) is 5.91 Å². The minimum atomic E-state index is -0.968. The summed E-state index contributed by atoms with van der Waals surface area (Å²) in [4.78, 5) is 54.9. The van der Waals surface area contributed by atoms with Crippen molar-refractivity contribution in [1.29, 1.82) is 0 Å². The van der Waals surface area contributed by atoms with Crippen LogP contribution in [0.25, 0.3) is 0 Å². The predicted octanol–water partition coefficient (Wildman–Crippen LogP) is 4.15. The number of anilines is 2. The number of carbonyl (C=O) groups is 4. The van der Waals surface area contributed by atoms with Crippen molar-refractivity contribution >= 4 is 35.0 Å². The quantitative estimate of drug-likeness (QED) is 0.571. The summed E-state index contributed by atoms with van der Waals surface area (Å²) in [5.41, 5.74) is 3.69. The van der Waals surface area contributed by atoms with Gasteiger partial charge in [-0.2, -0.15) is 0 Å². The van der Waals surface area contributed by atoms with E-state index >= 15 is 0 Å². The van der Waals surface area contributed by atoms with Crippen LogP contribution < -0.4 is 10.2 Å². The van der Waals surface area contributed by atoms with Crippen LogP contribution in [0.1, 0.15) is 50.5 Å². The summed E-state index contributed by atoms with van der Waals surface area (Å²) >= 11 is 0. The molecule has 5 rings (SSSR count). The van der Waals surface area contributed by atoms with E-state index in [0.717, 1.165) is 22.6 Å². The first-order valence-electron chi connectivity index (χ1n) is 11.6. The Morgan fingerprint density at radius 1 is 0.829 bits per heavy atom. The van der Waals surface area contributed by atoms with E-state index in [1.54, 1.807) is 67.3 Å². The van der Waals surface area contributed by atoms with E-state index in [0.29, 0.717) is 28.9 Å². The smallest absolute Gasteiger partial charge is 0.262 e. The number of hydrogen-bond acceptors (Lipinski definition) is 4. The number of nitrogens with one attached hydrogen (secondary N) is 1. The fraction of sp³-hybridized carbons (Fsp3) is 0.214. The highest BCUT2D eigenvalue weighted by atomic mass is 16.2. The molecular formula is C28H25N3O4.